The molecule has 0 saturated heterocycles. The van der Waals surface area contributed by atoms with Crippen LogP contribution in [0.25, 0.3) is 10.9 Å². The van der Waals surface area contributed by atoms with E-state index in [9.17, 15) is 4.79 Å². The maximum atomic E-state index is 12.4. The number of pyridine rings is 1. The van der Waals surface area contributed by atoms with E-state index in [1.165, 1.54) is 0 Å². The second kappa shape index (κ2) is 6.57. The third-order valence-electron chi connectivity index (χ3n) is 4.07. The van der Waals surface area contributed by atoms with Crippen LogP contribution in [-0.2, 0) is 0 Å². The lowest BCUT2D eigenvalue weighted by Gasteiger charge is -2.20. The Morgan fingerprint density at radius 2 is 2.00 bits per heavy atom. The average Bonchev–Trinajstić information content (AvgIpc) is 2.52. The van der Waals surface area contributed by atoms with Gasteiger partial charge in [-0.25, -0.2) is 4.98 Å². The number of aromatic nitrogens is 1. The van der Waals surface area contributed by atoms with Gasteiger partial charge in [0, 0.05) is 24.2 Å². The van der Waals surface area contributed by atoms with Crippen LogP contribution in [0.1, 0.15) is 37.7 Å². The molecule has 2 N–H and O–H groups in total. The van der Waals surface area contributed by atoms with E-state index in [4.69, 9.17) is 0 Å². The number of nitrogens with zero attached hydrogens (tertiary/aromatic N) is 1. The van der Waals surface area contributed by atoms with Crippen molar-refractivity contribution in [3.8, 4) is 0 Å². The minimum atomic E-state index is -0.120. The Balaban J connectivity index is 2.31. The fraction of sp³-hybridized carbons (Fsp3) is 0.412. The van der Waals surface area contributed by atoms with Crippen LogP contribution < -0.4 is 10.6 Å². The van der Waals surface area contributed by atoms with Crippen LogP contribution in [0.3, 0.4) is 0 Å². The molecule has 2 rings (SSSR count). The fourth-order valence-corrected chi connectivity index (χ4v) is 2.28. The van der Waals surface area contributed by atoms with Crippen LogP contribution in [0.5, 0.6) is 0 Å². The zero-order valence-corrected chi connectivity index (χ0v) is 13.1. The maximum Gasteiger partial charge on any atom is 0.270 e. The van der Waals surface area contributed by atoms with Gasteiger partial charge in [-0.2, -0.15) is 0 Å². The molecule has 1 aromatic heterocycles. The van der Waals surface area contributed by atoms with Gasteiger partial charge in [-0.1, -0.05) is 38.5 Å². The van der Waals surface area contributed by atoms with Gasteiger partial charge in [-0.15, -0.1) is 0 Å². The number of fused-ring (bicyclic) bond motifs is 1. The van der Waals surface area contributed by atoms with Crippen LogP contribution in [0.4, 0.5) is 5.69 Å². The minimum absolute atomic E-state index is 0.120. The highest BCUT2D eigenvalue weighted by Crippen LogP contribution is 2.22. The first kappa shape index (κ1) is 15.3. The van der Waals surface area contributed by atoms with Crippen molar-refractivity contribution in [3.05, 3.63) is 36.0 Å². The van der Waals surface area contributed by atoms with E-state index in [1.54, 1.807) is 6.07 Å². The topological polar surface area (TPSA) is 54.0 Å². The van der Waals surface area contributed by atoms with Crippen LogP contribution >= 0.6 is 0 Å². The first-order valence-electron chi connectivity index (χ1n) is 7.45. The van der Waals surface area contributed by atoms with Gasteiger partial charge in [0.1, 0.15) is 5.69 Å². The van der Waals surface area contributed by atoms with Crippen molar-refractivity contribution in [2.75, 3.05) is 12.4 Å². The Hall–Kier alpha value is -2.10. The fourth-order valence-electron chi connectivity index (χ4n) is 2.28. The molecule has 0 aliphatic carbocycles. The molecule has 21 heavy (non-hydrogen) atoms. The van der Waals surface area contributed by atoms with E-state index in [0.717, 1.165) is 23.0 Å². The summed E-state index contributed by atoms with van der Waals surface area (Å²) in [6, 6.07) is 9.76. The Bertz CT molecular complexity index is 639. The third kappa shape index (κ3) is 3.32. The van der Waals surface area contributed by atoms with Crippen molar-refractivity contribution >= 4 is 22.5 Å². The highest BCUT2D eigenvalue weighted by Gasteiger charge is 2.16. The lowest BCUT2D eigenvalue weighted by atomic mass is 10.0. The summed E-state index contributed by atoms with van der Waals surface area (Å²) < 4.78 is 0. The summed E-state index contributed by atoms with van der Waals surface area (Å²) in [6.45, 7) is 6.30. The number of nitrogens with one attached hydrogen (secondary N) is 2. The standard InChI is InChI=1S/C17H23N3O/c1-5-11(2)12(3)19-17(21)16-10-15(18-4)13-8-6-7-9-14(13)20-16/h6-12H,5H2,1-4H3,(H,18,20)(H,19,21). The number of para-hydroxylation sites is 1. The van der Waals surface area contributed by atoms with Crippen LogP contribution in [-0.4, -0.2) is 24.0 Å². The Morgan fingerprint density at radius 1 is 1.29 bits per heavy atom. The molecule has 0 fully saturated rings. The van der Waals surface area contributed by atoms with E-state index in [1.807, 2.05) is 38.2 Å². The number of carbonyl (C=O) groups excluding carboxylic acids is 1. The second-order valence-corrected chi connectivity index (χ2v) is 5.47. The Morgan fingerprint density at radius 3 is 2.67 bits per heavy atom. The van der Waals surface area contributed by atoms with Gasteiger partial charge >= 0.3 is 0 Å². The summed E-state index contributed by atoms with van der Waals surface area (Å²) in [5, 5.41) is 7.19. The average molecular weight is 285 g/mol. The number of carbonyl (C=O) groups is 1. The molecule has 0 bridgehead atoms. The number of amides is 1. The third-order valence-corrected chi connectivity index (χ3v) is 4.07. The molecular weight excluding hydrogens is 262 g/mol. The monoisotopic (exact) mass is 285 g/mol. The van der Waals surface area contributed by atoms with E-state index < -0.39 is 0 Å². The van der Waals surface area contributed by atoms with Gasteiger partial charge < -0.3 is 10.6 Å². The van der Waals surface area contributed by atoms with E-state index in [0.29, 0.717) is 11.6 Å². The maximum absolute atomic E-state index is 12.4. The second-order valence-electron chi connectivity index (χ2n) is 5.47. The molecule has 4 nitrogen and oxygen atoms in total. The summed E-state index contributed by atoms with van der Waals surface area (Å²) in [5.41, 5.74) is 2.20. The van der Waals surface area contributed by atoms with Gasteiger partial charge in [0.2, 0.25) is 0 Å². The molecule has 0 aliphatic rings. The predicted molar refractivity (Wildman–Crippen MR) is 87.7 cm³/mol. The molecule has 0 spiro atoms. The molecule has 0 saturated carbocycles. The number of rotatable bonds is 5. The van der Waals surface area contributed by atoms with Gasteiger partial charge in [0.25, 0.3) is 5.91 Å². The van der Waals surface area contributed by atoms with E-state index in [2.05, 4.69) is 29.5 Å². The summed E-state index contributed by atoms with van der Waals surface area (Å²) in [4.78, 5) is 16.9. The summed E-state index contributed by atoms with van der Waals surface area (Å²) in [6.07, 6.45) is 1.04. The quantitative estimate of drug-likeness (QED) is 0.884. The highest BCUT2D eigenvalue weighted by atomic mass is 16.1. The SMILES string of the molecule is CCC(C)C(C)NC(=O)c1cc(NC)c2ccccc2n1. The number of benzene rings is 1. The largest absolute Gasteiger partial charge is 0.388 e. The number of hydrogen-bond acceptors (Lipinski definition) is 3. The van der Waals surface area contributed by atoms with E-state index >= 15 is 0 Å². The first-order valence-corrected chi connectivity index (χ1v) is 7.45. The zero-order valence-electron chi connectivity index (χ0n) is 13.1. The lowest BCUT2D eigenvalue weighted by Crippen LogP contribution is -2.37. The Kier molecular flexibility index (Phi) is 4.78. The molecule has 2 atom stereocenters. The molecule has 112 valence electrons. The summed E-state index contributed by atoms with van der Waals surface area (Å²) >= 11 is 0. The first-order chi connectivity index (χ1) is 10.1. The summed E-state index contributed by atoms with van der Waals surface area (Å²) in [5.74, 6) is 0.322. The van der Waals surface area contributed by atoms with Crippen LogP contribution in [0.15, 0.2) is 30.3 Å². The van der Waals surface area contributed by atoms with Gasteiger partial charge in [-0.3, -0.25) is 4.79 Å². The lowest BCUT2D eigenvalue weighted by molar-refractivity contribution is 0.0923. The molecule has 1 amide bonds. The van der Waals surface area contributed by atoms with Crippen molar-refractivity contribution in [2.24, 2.45) is 5.92 Å². The van der Waals surface area contributed by atoms with E-state index in [-0.39, 0.29) is 11.9 Å². The van der Waals surface area contributed by atoms with Gasteiger partial charge in [-0.05, 0) is 25.0 Å². The van der Waals surface area contributed by atoms with Crippen LogP contribution in [0, 0.1) is 5.92 Å². The van der Waals surface area contributed by atoms with Gasteiger partial charge in [0.05, 0.1) is 5.52 Å². The van der Waals surface area contributed by atoms with Crippen LogP contribution in [0.2, 0.25) is 0 Å². The minimum Gasteiger partial charge on any atom is -0.388 e. The summed E-state index contributed by atoms with van der Waals surface area (Å²) in [7, 11) is 1.85. The van der Waals surface area contributed by atoms with Crippen molar-refractivity contribution in [1.29, 1.82) is 0 Å². The molecule has 1 aromatic carbocycles. The zero-order chi connectivity index (χ0) is 15.4. The predicted octanol–water partition coefficient (Wildman–Crippen LogP) is 3.44. The molecule has 2 aromatic rings. The molecular formula is C17H23N3O. The van der Waals surface area contributed by atoms with Crippen molar-refractivity contribution in [3.63, 3.8) is 0 Å². The molecule has 2 unspecified atom stereocenters. The van der Waals surface area contributed by atoms with Crippen molar-refractivity contribution in [1.82, 2.24) is 10.3 Å². The Labute approximate surface area is 126 Å². The molecule has 4 heteroatoms. The van der Waals surface area contributed by atoms with Gasteiger partial charge in [0.15, 0.2) is 0 Å². The van der Waals surface area contributed by atoms with Crippen molar-refractivity contribution in [2.45, 2.75) is 33.2 Å². The smallest absolute Gasteiger partial charge is 0.270 e. The molecule has 0 radical (unpaired) electrons. The number of hydrogen-bond donors (Lipinski definition) is 2. The number of anilines is 1. The molecule has 1 heterocycles. The molecule has 0 aliphatic heterocycles. The van der Waals surface area contributed by atoms with Crippen molar-refractivity contribution < 1.29 is 4.79 Å². The highest BCUT2D eigenvalue weighted by molar-refractivity contribution is 5.99. The normalized spacial score (nSPS) is 13.7.